The second-order valence-corrected chi connectivity index (χ2v) is 3.23. The maximum Gasteiger partial charge on any atom is 0.336 e. The maximum absolute atomic E-state index is 10.7. The zero-order valence-corrected chi connectivity index (χ0v) is 8.67. The summed E-state index contributed by atoms with van der Waals surface area (Å²) in [6.45, 7) is 2.38. The van der Waals surface area contributed by atoms with Crippen molar-refractivity contribution in [3.8, 4) is 5.75 Å². The van der Waals surface area contributed by atoms with Crippen LogP contribution in [0.15, 0.2) is 22.7 Å². The number of hydrogen-bond acceptors (Lipinski definition) is 2. The Morgan fingerprint density at radius 3 is 2.85 bits per heavy atom. The molecule has 0 heterocycles. The summed E-state index contributed by atoms with van der Waals surface area (Å²) in [4.78, 5) is 10.7. The van der Waals surface area contributed by atoms with E-state index in [4.69, 9.17) is 9.84 Å². The molecule has 0 aliphatic rings. The van der Waals surface area contributed by atoms with E-state index in [-0.39, 0.29) is 5.56 Å². The van der Waals surface area contributed by atoms with E-state index in [9.17, 15) is 4.79 Å². The zero-order chi connectivity index (χ0) is 9.84. The molecule has 0 aliphatic heterocycles. The van der Waals surface area contributed by atoms with Crippen LogP contribution in [-0.4, -0.2) is 17.7 Å². The lowest BCUT2D eigenvalue weighted by molar-refractivity contribution is 0.0695. The fourth-order valence-corrected chi connectivity index (χ4v) is 1.34. The number of carboxylic acid groups (broad SMARTS) is 1. The van der Waals surface area contributed by atoms with E-state index < -0.39 is 5.97 Å². The number of rotatable bonds is 3. The number of hydrogen-bond donors (Lipinski definition) is 1. The standard InChI is InChI=1S/C9H9BrO3/c1-2-13-6-3-4-8(10)7(5-6)9(11)12/h3-5H,2H2,1H3,(H,11,12). The number of ether oxygens (including phenoxy) is 1. The van der Waals surface area contributed by atoms with Crippen molar-refractivity contribution in [2.45, 2.75) is 6.92 Å². The topological polar surface area (TPSA) is 46.5 Å². The number of carbonyl (C=O) groups is 1. The van der Waals surface area contributed by atoms with Crippen LogP contribution in [0.1, 0.15) is 17.3 Å². The number of halogens is 1. The Morgan fingerprint density at radius 2 is 2.31 bits per heavy atom. The van der Waals surface area contributed by atoms with Gasteiger partial charge in [0.1, 0.15) is 5.75 Å². The molecule has 0 saturated carbocycles. The highest BCUT2D eigenvalue weighted by molar-refractivity contribution is 9.10. The van der Waals surface area contributed by atoms with Crippen molar-refractivity contribution < 1.29 is 14.6 Å². The largest absolute Gasteiger partial charge is 0.494 e. The van der Waals surface area contributed by atoms with E-state index in [0.717, 1.165) is 0 Å². The third-order valence-corrected chi connectivity index (χ3v) is 2.17. The van der Waals surface area contributed by atoms with E-state index in [1.54, 1.807) is 12.1 Å². The van der Waals surface area contributed by atoms with Crippen LogP contribution in [-0.2, 0) is 0 Å². The molecular formula is C9H9BrO3. The van der Waals surface area contributed by atoms with Gasteiger partial charge in [-0.15, -0.1) is 0 Å². The SMILES string of the molecule is CCOc1ccc(Br)c(C(=O)O)c1. The van der Waals surface area contributed by atoms with Crippen molar-refractivity contribution >= 4 is 21.9 Å². The molecule has 3 nitrogen and oxygen atoms in total. The van der Waals surface area contributed by atoms with Gasteiger partial charge >= 0.3 is 5.97 Å². The van der Waals surface area contributed by atoms with Crippen LogP contribution in [0, 0.1) is 0 Å². The van der Waals surface area contributed by atoms with Crippen LogP contribution >= 0.6 is 15.9 Å². The molecule has 70 valence electrons. The summed E-state index contributed by atoms with van der Waals surface area (Å²) in [5.74, 6) is -0.392. The average molecular weight is 245 g/mol. The molecule has 1 aromatic carbocycles. The van der Waals surface area contributed by atoms with E-state index in [1.165, 1.54) is 6.07 Å². The number of carboxylic acids is 1. The summed E-state index contributed by atoms with van der Waals surface area (Å²) in [6, 6.07) is 4.88. The molecule has 0 atom stereocenters. The van der Waals surface area contributed by atoms with Gasteiger partial charge in [-0.2, -0.15) is 0 Å². The molecule has 0 fully saturated rings. The van der Waals surface area contributed by atoms with E-state index in [2.05, 4.69) is 15.9 Å². The highest BCUT2D eigenvalue weighted by Crippen LogP contribution is 2.22. The molecule has 0 unspecified atom stereocenters. The molecular weight excluding hydrogens is 236 g/mol. The molecule has 1 N–H and O–H groups in total. The fraction of sp³-hybridized carbons (Fsp3) is 0.222. The number of aromatic carboxylic acids is 1. The Labute approximate surface area is 84.5 Å². The molecule has 13 heavy (non-hydrogen) atoms. The molecule has 0 spiro atoms. The van der Waals surface area contributed by atoms with Crippen LogP contribution in [0.3, 0.4) is 0 Å². The molecule has 0 amide bonds. The van der Waals surface area contributed by atoms with E-state index in [1.807, 2.05) is 6.92 Å². The highest BCUT2D eigenvalue weighted by atomic mass is 79.9. The first kappa shape index (κ1) is 10.1. The van der Waals surface area contributed by atoms with Gasteiger partial charge in [-0.25, -0.2) is 4.79 Å². The second-order valence-electron chi connectivity index (χ2n) is 2.38. The van der Waals surface area contributed by atoms with Crippen molar-refractivity contribution in [1.82, 2.24) is 0 Å². The number of benzene rings is 1. The molecule has 0 aromatic heterocycles. The van der Waals surface area contributed by atoms with Gasteiger partial charge in [-0.05, 0) is 41.1 Å². The van der Waals surface area contributed by atoms with Crippen molar-refractivity contribution in [2.24, 2.45) is 0 Å². The van der Waals surface area contributed by atoms with E-state index >= 15 is 0 Å². The van der Waals surface area contributed by atoms with Gasteiger partial charge in [0.15, 0.2) is 0 Å². The Kier molecular flexibility index (Phi) is 3.31. The fourth-order valence-electron chi connectivity index (χ4n) is 0.925. The van der Waals surface area contributed by atoms with E-state index in [0.29, 0.717) is 16.8 Å². The minimum absolute atomic E-state index is 0.214. The van der Waals surface area contributed by atoms with Gasteiger partial charge in [0.05, 0.1) is 12.2 Å². The minimum atomic E-state index is -0.964. The Bertz CT molecular complexity index is 323. The van der Waals surface area contributed by atoms with Crippen LogP contribution in [0.25, 0.3) is 0 Å². The van der Waals surface area contributed by atoms with Crippen molar-refractivity contribution in [2.75, 3.05) is 6.61 Å². The zero-order valence-electron chi connectivity index (χ0n) is 7.08. The quantitative estimate of drug-likeness (QED) is 0.889. The summed E-state index contributed by atoms with van der Waals surface area (Å²) in [5.41, 5.74) is 0.214. The third kappa shape index (κ3) is 2.45. The monoisotopic (exact) mass is 244 g/mol. The van der Waals surface area contributed by atoms with Crippen molar-refractivity contribution in [3.05, 3.63) is 28.2 Å². The summed E-state index contributed by atoms with van der Waals surface area (Å²) in [7, 11) is 0. The van der Waals surface area contributed by atoms with Gasteiger partial charge in [-0.3, -0.25) is 0 Å². The highest BCUT2D eigenvalue weighted by Gasteiger charge is 2.08. The molecule has 1 rings (SSSR count). The molecule has 1 aromatic rings. The lowest BCUT2D eigenvalue weighted by atomic mass is 10.2. The molecule has 0 bridgehead atoms. The second kappa shape index (κ2) is 4.28. The smallest absolute Gasteiger partial charge is 0.336 e. The van der Waals surface area contributed by atoms with Crippen LogP contribution < -0.4 is 4.74 Å². The Hall–Kier alpha value is -1.03. The van der Waals surface area contributed by atoms with Gasteiger partial charge < -0.3 is 9.84 Å². The molecule has 0 aliphatic carbocycles. The summed E-state index contributed by atoms with van der Waals surface area (Å²) >= 11 is 3.15. The van der Waals surface area contributed by atoms with Crippen LogP contribution in [0.2, 0.25) is 0 Å². The minimum Gasteiger partial charge on any atom is -0.494 e. The first-order chi connectivity index (χ1) is 6.15. The maximum atomic E-state index is 10.7. The van der Waals surface area contributed by atoms with Gasteiger partial charge in [0, 0.05) is 4.47 Å². The molecule has 0 saturated heterocycles. The lowest BCUT2D eigenvalue weighted by Crippen LogP contribution is -1.99. The molecule has 0 radical (unpaired) electrons. The predicted octanol–water partition coefficient (Wildman–Crippen LogP) is 2.55. The first-order valence-corrected chi connectivity index (χ1v) is 4.60. The average Bonchev–Trinajstić information content (AvgIpc) is 2.08. The van der Waals surface area contributed by atoms with Crippen LogP contribution in [0.4, 0.5) is 0 Å². The van der Waals surface area contributed by atoms with Crippen molar-refractivity contribution in [3.63, 3.8) is 0 Å². The van der Waals surface area contributed by atoms with Crippen LogP contribution in [0.5, 0.6) is 5.75 Å². The predicted molar refractivity (Wildman–Crippen MR) is 52.3 cm³/mol. The summed E-state index contributed by atoms with van der Waals surface area (Å²) in [5, 5.41) is 8.77. The Balaban J connectivity index is 3.04. The summed E-state index contributed by atoms with van der Waals surface area (Å²) in [6.07, 6.45) is 0. The van der Waals surface area contributed by atoms with Crippen molar-refractivity contribution in [1.29, 1.82) is 0 Å². The lowest BCUT2D eigenvalue weighted by Gasteiger charge is -2.04. The van der Waals surface area contributed by atoms with Gasteiger partial charge in [-0.1, -0.05) is 0 Å². The van der Waals surface area contributed by atoms with Gasteiger partial charge in [0.2, 0.25) is 0 Å². The third-order valence-electron chi connectivity index (χ3n) is 1.48. The Morgan fingerprint density at radius 1 is 1.62 bits per heavy atom. The normalized spacial score (nSPS) is 9.69. The first-order valence-electron chi connectivity index (χ1n) is 3.80. The molecule has 4 heteroatoms. The van der Waals surface area contributed by atoms with Gasteiger partial charge in [0.25, 0.3) is 0 Å². The summed E-state index contributed by atoms with van der Waals surface area (Å²) < 4.78 is 5.73.